The predicted octanol–water partition coefficient (Wildman–Crippen LogP) is 2.62. The molecule has 1 N–H and O–H groups in total. The molecule has 1 aromatic heterocycles. The van der Waals surface area contributed by atoms with Crippen molar-refractivity contribution in [2.24, 2.45) is 5.41 Å². The van der Waals surface area contributed by atoms with Crippen molar-refractivity contribution in [3.8, 4) is 0 Å². The van der Waals surface area contributed by atoms with Gasteiger partial charge in [-0.2, -0.15) is 0 Å². The summed E-state index contributed by atoms with van der Waals surface area (Å²) >= 11 is 0. The van der Waals surface area contributed by atoms with E-state index in [1.165, 1.54) is 5.56 Å². The molecular weight excluding hydrogens is 164 g/mol. The summed E-state index contributed by atoms with van der Waals surface area (Å²) in [5, 5.41) is 9.34. The van der Waals surface area contributed by atoms with Gasteiger partial charge >= 0.3 is 0 Å². The van der Waals surface area contributed by atoms with E-state index in [-0.39, 0.29) is 12.0 Å². The molecule has 0 aliphatic carbocycles. The number of hydrogen-bond acceptors (Lipinski definition) is 2. The molecule has 2 nitrogen and oxygen atoms in total. The smallest absolute Gasteiger partial charge is 0.0934 e. The third-order valence-corrected chi connectivity index (χ3v) is 2.99. The number of hydrogen-bond donors (Lipinski definition) is 1. The number of aliphatic hydroxyl groups is 1. The molecule has 0 aromatic carbocycles. The average molecular weight is 182 g/mol. The molecule has 0 fully saturated rings. The minimum Gasteiger partial charge on any atom is -0.472 e. The lowest BCUT2D eigenvalue weighted by molar-refractivity contribution is 0.115. The first-order chi connectivity index (χ1) is 6.26. The van der Waals surface area contributed by atoms with Crippen molar-refractivity contribution >= 4 is 0 Å². The zero-order valence-electron chi connectivity index (χ0n) is 8.42. The third kappa shape index (κ3) is 2.34. The maximum Gasteiger partial charge on any atom is 0.0934 e. The Morgan fingerprint density at radius 2 is 2.08 bits per heavy atom. The Hall–Kier alpha value is -0.760. The minimum absolute atomic E-state index is 0.0455. The normalized spacial score (nSPS) is 11.9. The second-order valence-electron chi connectivity index (χ2n) is 3.67. The van der Waals surface area contributed by atoms with Crippen LogP contribution in [0, 0.1) is 5.41 Å². The fourth-order valence-electron chi connectivity index (χ4n) is 1.61. The molecule has 13 heavy (non-hydrogen) atoms. The molecule has 0 radical (unpaired) electrons. The van der Waals surface area contributed by atoms with E-state index < -0.39 is 0 Å². The van der Waals surface area contributed by atoms with Gasteiger partial charge in [0.15, 0.2) is 0 Å². The molecule has 1 aromatic rings. The van der Waals surface area contributed by atoms with Gasteiger partial charge in [0.05, 0.1) is 12.5 Å². The Morgan fingerprint density at radius 3 is 2.46 bits per heavy atom. The van der Waals surface area contributed by atoms with Crippen LogP contribution in [0.25, 0.3) is 0 Å². The van der Waals surface area contributed by atoms with Gasteiger partial charge in [0.1, 0.15) is 0 Å². The fourth-order valence-corrected chi connectivity index (χ4v) is 1.61. The summed E-state index contributed by atoms with van der Waals surface area (Å²) in [7, 11) is 0. The first-order valence-electron chi connectivity index (χ1n) is 4.88. The summed E-state index contributed by atoms with van der Waals surface area (Å²) in [6.07, 6.45) is 6.36. The Labute approximate surface area is 79.6 Å². The average Bonchev–Trinajstić information content (AvgIpc) is 2.67. The van der Waals surface area contributed by atoms with Crippen molar-refractivity contribution in [2.45, 2.75) is 33.1 Å². The van der Waals surface area contributed by atoms with Crippen LogP contribution in [0.5, 0.6) is 0 Å². The van der Waals surface area contributed by atoms with Gasteiger partial charge in [0.2, 0.25) is 0 Å². The quantitative estimate of drug-likeness (QED) is 0.759. The maximum absolute atomic E-state index is 9.34. The Kier molecular flexibility index (Phi) is 3.55. The van der Waals surface area contributed by atoms with Crippen LogP contribution >= 0.6 is 0 Å². The van der Waals surface area contributed by atoms with E-state index in [1.807, 2.05) is 6.07 Å². The summed E-state index contributed by atoms with van der Waals surface area (Å²) in [5.41, 5.74) is 1.22. The zero-order chi connectivity index (χ0) is 9.73. The first kappa shape index (κ1) is 10.3. The molecule has 0 aliphatic heterocycles. The summed E-state index contributed by atoms with van der Waals surface area (Å²) in [4.78, 5) is 0. The van der Waals surface area contributed by atoms with Crippen molar-refractivity contribution < 1.29 is 9.52 Å². The van der Waals surface area contributed by atoms with Crippen molar-refractivity contribution in [3.63, 3.8) is 0 Å². The van der Waals surface area contributed by atoms with Gasteiger partial charge in [-0.05, 0) is 36.3 Å². The number of furan rings is 1. The molecule has 0 saturated heterocycles. The molecule has 0 bridgehead atoms. The van der Waals surface area contributed by atoms with Gasteiger partial charge in [0, 0.05) is 6.61 Å². The molecule has 1 heterocycles. The van der Waals surface area contributed by atoms with E-state index in [0.29, 0.717) is 0 Å². The molecule has 0 amide bonds. The van der Waals surface area contributed by atoms with Gasteiger partial charge in [-0.25, -0.2) is 0 Å². The van der Waals surface area contributed by atoms with E-state index in [9.17, 15) is 5.11 Å². The van der Waals surface area contributed by atoms with Crippen molar-refractivity contribution in [1.82, 2.24) is 0 Å². The monoisotopic (exact) mass is 182 g/mol. The lowest BCUT2D eigenvalue weighted by Crippen LogP contribution is -2.26. The molecule has 2 heteroatoms. The van der Waals surface area contributed by atoms with Gasteiger partial charge in [-0.15, -0.1) is 0 Å². The third-order valence-electron chi connectivity index (χ3n) is 2.99. The van der Waals surface area contributed by atoms with Crippen LogP contribution < -0.4 is 0 Å². The highest BCUT2D eigenvalue weighted by molar-refractivity contribution is 5.08. The van der Waals surface area contributed by atoms with E-state index >= 15 is 0 Å². The van der Waals surface area contributed by atoms with Crippen LogP contribution in [0.4, 0.5) is 0 Å². The van der Waals surface area contributed by atoms with Crippen LogP contribution in [-0.4, -0.2) is 11.7 Å². The van der Waals surface area contributed by atoms with E-state index in [0.717, 1.165) is 19.3 Å². The van der Waals surface area contributed by atoms with Crippen LogP contribution in [-0.2, 0) is 6.42 Å². The summed E-state index contributed by atoms with van der Waals surface area (Å²) in [5.74, 6) is 0. The largest absolute Gasteiger partial charge is 0.472 e. The summed E-state index contributed by atoms with van der Waals surface area (Å²) in [6.45, 7) is 4.50. The van der Waals surface area contributed by atoms with E-state index in [2.05, 4.69) is 13.8 Å². The zero-order valence-corrected chi connectivity index (χ0v) is 8.42. The SMILES string of the molecule is CCC(CC)(CO)Cc1ccoc1. The molecule has 0 spiro atoms. The standard InChI is InChI=1S/C11H18O2/c1-3-11(4-2,9-12)7-10-5-6-13-8-10/h5-6,8,12H,3-4,7,9H2,1-2H3. The van der Waals surface area contributed by atoms with Gasteiger partial charge in [-0.1, -0.05) is 13.8 Å². The second-order valence-corrected chi connectivity index (χ2v) is 3.67. The molecule has 0 atom stereocenters. The Balaban J connectivity index is 2.67. The molecular formula is C11H18O2. The second kappa shape index (κ2) is 4.47. The predicted molar refractivity (Wildman–Crippen MR) is 52.5 cm³/mol. The topological polar surface area (TPSA) is 33.4 Å². The van der Waals surface area contributed by atoms with Gasteiger partial charge < -0.3 is 9.52 Å². The van der Waals surface area contributed by atoms with Crippen molar-refractivity contribution in [1.29, 1.82) is 0 Å². The lowest BCUT2D eigenvalue weighted by atomic mass is 9.78. The van der Waals surface area contributed by atoms with Crippen LogP contribution in [0.2, 0.25) is 0 Å². The van der Waals surface area contributed by atoms with E-state index in [4.69, 9.17) is 4.42 Å². The highest BCUT2D eigenvalue weighted by Gasteiger charge is 2.25. The van der Waals surface area contributed by atoms with Crippen molar-refractivity contribution in [3.05, 3.63) is 24.2 Å². The highest BCUT2D eigenvalue weighted by Crippen LogP contribution is 2.30. The molecule has 74 valence electrons. The minimum atomic E-state index is 0.0455. The Bertz CT molecular complexity index is 214. The molecule has 0 unspecified atom stereocenters. The van der Waals surface area contributed by atoms with Gasteiger partial charge in [0.25, 0.3) is 0 Å². The van der Waals surface area contributed by atoms with Crippen molar-refractivity contribution in [2.75, 3.05) is 6.61 Å². The number of rotatable bonds is 5. The van der Waals surface area contributed by atoms with Crippen LogP contribution in [0.15, 0.2) is 23.0 Å². The Morgan fingerprint density at radius 1 is 1.38 bits per heavy atom. The van der Waals surface area contributed by atoms with E-state index in [1.54, 1.807) is 12.5 Å². The molecule has 1 rings (SSSR count). The molecule has 0 saturated carbocycles. The van der Waals surface area contributed by atoms with Gasteiger partial charge in [-0.3, -0.25) is 0 Å². The summed E-state index contributed by atoms with van der Waals surface area (Å²) in [6, 6.07) is 1.97. The number of aliphatic hydroxyl groups excluding tert-OH is 1. The van der Waals surface area contributed by atoms with Crippen LogP contribution in [0.1, 0.15) is 32.3 Å². The highest BCUT2D eigenvalue weighted by atomic mass is 16.3. The molecule has 0 aliphatic rings. The summed E-state index contributed by atoms with van der Waals surface area (Å²) < 4.78 is 5.01. The maximum atomic E-state index is 9.34. The fraction of sp³-hybridized carbons (Fsp3) is 0.636. The lowest BCUT2D eigenvalue weighted by Gasteiger charge is -2.28. The first-order valence-corrected chi connectivity index (χ1v) is 4.88. The van der Waals surface area contributed by atoms with Crippen LogP contribution in [0.3, 0.4) is 0 Å².